The summed E-state index contributed by atoms with van der Waals surface area (Å²) in [5.74, 6) is -9.97. The molecule has 1 fully saturated rings. The first-order valence-corrected chi connectivity index (χ1v) is 30.8. The maximum atomic E-state index is 15.1. The number of phenols is 2. The van der Waals surface area contributed by atoms with Gasteiger partial charge in [-0.15, -0.1) is 0 Å². The fourth-order valence-electron chi connectivity index (χ4n) is 9.01. The average molecular weight is 1270 g/mol. The Morgan fingerprint density at radius 1 is 0.636 bits per heavy atom. The van der Waals surface area contributed by atoms with Gasteiger partial charge in [0.25, 0.3) is 5.91 Å². The minimum atomic E-state index is -1.78. The van der Waals surface area contributed by atoms with Gasteiger partial charge in [0, 0.05) is 54.0 Å². The van der Waals surface area contributed by atoms with Gasteiger partial charge >= 0.3 is 0 Å². The first kappa shape index (κ1) is 68.4. The quantitative estimate of drug-likeness (QED) is 0.0329. The molecule has 5 aromatic rings. The molecule has 4 aromatic carbocycles. The number of halogens is 1. The molecule has 0 bridgehead atoms. The molecule has 1 aromatic heterocycles. The lowest BCUT2D eigenvalue weighted by molar-refractivity contribution is -0.136. The van der Waals surface area contributed by atoms with Crippen molar-refractivity contribution in [1.82, 2.24) is 52.8 Å². The largest absolute Gasteiger partial charge is 0.508 e. The number of phenolic OH excluding ortho intramolecular Hbond substituents is 2. The van der Waals surface area contributed by atoms with Gasteiger partial charge in [-0.05, 0) is 123 Å². The van der Waals surface area contributed by atoms with Crippen LogP contribution in [-0.4, -0.2) is 159 Å². The number of aromatic nitrogens is 1. The summed E-state index contributed by atoms with van der Waals surface area (Å²) in [5, 5.41) is 55.8. The third kappa shape index (κ3) is 21.6. The van der Waals surface area contributed by atoms with E-state index in [1.165, 1.54) is 92.0 Å². The van der Waals surface area contributed by atoms with Crippen LogP contribution in [0.25, 0.3) is 0 Å². The normalized spacial score (nSPS) is 20.0. The molecule has 2 heterocycles. The minimum Gasteiger partial charge on any atom is -0.508 e. The lowest BCUT2D eigenvalue weighted by atomic mass is 10.00. The summed E-state index contributed by atoms with van der Waals surface area (Å²) in [7, 11) is 3.55. The highest BCUT2D eigenvalue weighted by Gasteiger charge is 2.37. The Kier molecular flexibility index (Phi) is 26.4. The van der Waals surface area contributed by atoms with Gasteiger partial charge in [0.15, 0.2) is 0 Å². The molecule has 25 nitrogen and oxygen atoms in total. The fourth-order valence-corrected chi connectivity index (χ4v) is 11.5. The summed E-state index contributed by atoms with van der Waals surface area (Å²) >= 11 is 6.19. The molecular weight excluding hydrogens is 1200 g/mol. The summed E-state index contributed by atoms with van der Waals surface area (Å²) < 4.78 is 0. The topological polar surface area (TPSA) is 405 Å². The van der Waals surface area contributed by atoms with Crippen molar-refractivity contribution in [2.45, 2.75) is 106 Å². The average Bonchev–Trinajstić information content (AvgIpc) is 3.09. The van der Waals surface area contributed by atoms with Crippen molar-refractivity contribution in [3.05, 3.63) is 160 Å². The summed E-state index contributed by atoms with van der Waals surface area (Å²) in [6.07, 6.45) is -0.262. The molecule has 9 atom stereocenters. The molecule has 0 aliphatic carbocycles. The summed E-state index contributed by atoms with van der Waals surface area (Å²) in [6.45, 7) is 1.72. The van der Waals surface area contributed by atoms with Gasteiger partial charge in [-0.1, -0.05) is 87.8 Å². The van der Waals surface area contributed by atoms with Gasteiger partial charge in [-0.2, -0.15) is 0 Å². The monoisotopic (exact) mass is 1270 g/mol. The number of nitrogens with two attached hydrogens (primary N) is 2. The second-order valence-corrected chi connectivity index (χ2v) is 23.7. The fraction of sp³-hybridized carbons (Fsp3) is 0.350. The Bertz CT molecular complexity index is 3230. The first-order valence-electron chi connectivity index (χ1n) is 28.0. The molecule has 1 aliphatic heterocycles. The van der Waals surface area contributed by atoms with Gasteiger partial charge in [-0.25, -0.2) is 0 Å². The van der Waals surface area contributed by atoms with E-state index >= 15 is 4.79 Å². The van der Waals surface area contributed by atoms with Crippen LogP contribution in [0.4, 0.5) is 0 Å². The highest BCUT2D eigenvalue weighted by atomic mass is 35.5. The number of primary amides is 2. The molecule has 2 unspecified atom stereocenters. The van der Waals surface area contributed by atoms with Crippen molar-refractivity contribution in [2.75, 3.05) is 25.1 Å². The zero-order valence-electron chi connectivity index (χ0n) is 48.0. The summed E-state index contributed by atoms with van der Waals surface area (Å²) in [4.78, 5) is 146. The van der Waals surface area contributed by atoms with E-state index in [0.29, 0.717) is 46.7 Å². The second-order valence-electron chi connectivity index (χ2n) is 20.7. The maximum Gasteiger partial charge on any atom is 0.270 e. The number of nitrogens with one attached hydrogen (secondary N) is 9. The first-order chi connectivity index (χ1) is 42.1. The number of carbonyl (C=O) groups is 10. The van der Waals surface area contributed by atoms with E-state index in [-0.39, 0.29) is 66.4 Å². The molecule has 0 saturated carbocycles. The van der Waals surface area contributed by atoms with Crippen LogP contribution in [0.1, 0.15) is 69.3 Å². The zero-order chi connectivity index (χ0) is 63.9. The molecule has 0 radical (unpaired) electrons. The van der Waals surface area contributed by atoms with Crippen LogP contribution < -0.4 is 59.3 Å². The SMILES string of the molecule is CNCCCC[C@@H]1NC(=O)[C@@H](Cc2ccc(C(N)=O)cc2)NC(=O)[C@H](Cc2ccc(O)cc2)NC(=O)[C@H](NC(=O)[C@H](Cc2ccc(Cl)cc2)NC(=O)c2ccccn2)CSSC[C@@H](C(=O)N[C@H](Cc2ccc(O)cc2)C(N)=O)NC(=O)C(C(C)O)NC1=O. The van der Waals surface area contributed by atoms with E-state index in [9.17, 15) is 58.5 Å². The number of benzene rings is 4. The van der Waals surface area contributed by atoms with Crippen molar-refractivity contribution in [1.29, 1.82) is 0 Å². The van der Waals surface area contributed by atoms with Gasteiger partial charge in [0.2, 0.25) is 53.2 Å². The summed E-state index contributed by atoms with van der Waals surface area (Å²) in [6, 6.07) is 16.1. The van der Waals surface area contributed by atoms with Crippen LogP contribution in [0.3, 0.4) is 0 Å². The molecular formula is C60H71ClN12O13S2. The van der Waals surface area contributed by atoms with E-state index in [1.54, 1.807) is 43.4 Å². The Hall–Kier alpha value is -8.76. The van der Waals surface area contributed by atoms with E-state index in [1.807, 2.05) is 0 Å². The lowest BCUT2D eigenvalue weighted by Gasteiger charge is -2.29. The molecule has 1 saturated heterocycles. The number of aliphatic hydroxyl groups excluding tert-OH is 1. The Morgan fingerprint density at radius 3 is 1.73 bits per heavy atom. The van der Waals surface area contributed by atoms with Crippen molar-refractivity contribution in [3.8, 4) is 11.5 Å². The molecule has 1 aliphatic rings. The zero-order valence-corrected chi connectivity index (χ0v) is 50.4. The van der Waals surface area contributed by atoms with Crippen molar-refractivity contribution < 1.29 is 63.3 Å². The third-order valence-electron chi connectivity index (χ3n) is 13.9. The molecule has 10 amide bonds. The number of hydrogen-bond donors (Lipinski definition) is 14. The number of pyridine rings is 1. The van der Waals surface area contributed by atoms with Crippen LogP contribution in [0.5, 0.6) is 11.5 Å². The van der Waals surface area contributed by atoms with Crippen LogP contribution in [0.2, 0.25) is 5.02 Å². The predicted molar refractivity (Wildman–Crippen MR) is 330 cm³/mol. The number of rotatable bonds is 22. The lowest BCUT2D eigenvalue weighted by Crippen LogP contribution is -2.62. The van der Waals surface area contributed by atoms with Crippen molar-refractivity contribution in [2.24, 2.45) is 11.5 Å². The van der Waals surface area contributed by atoms with Crippen molar-refractivity contribution in [3.63, 3.8) is 0 Å². The number of nitrogens with zero attached hydrogens (tertiary/aromatic N) is 1. The van der Waals surface area contributed by atoms with Gasteiger partial charge in [0.05, 0.1) is 6.10 Å². The van der Waals surface area contributed by atoms with Crippen LogP contribution >= 0.6 is 33.2 Å². The molecule has 6 rings (SSSR count). The van der Waals surface area contributed by atoms with Crippen LogP contribution in [0.15, 0.2) is 121 Å². The molecule has 88 heavy (non-hydrogen) atoms. The number of carbonyl (C=O) groups excluding carboxylic acids is 10. The number of aromatic hydroxyl groups is 2. The maximum absolute atomic E-state index is 15.1. The van der Waals surface area contributed by atoms with Gasteiger partial charge in [0.1, 0.15) is 65.5 Å². The Balaban J connectivity index is 1.44. The Labute approximate surface area is 520 Å². The van der Waals surface area contributed by atoms with Gasteiger partial charge < -0.3 is 74.6 Å². The predicted octanol–water partition coefficient (Wildman–Crippen LogP) is 0.359. The number of aliphatic hydroxyl groups is 1. The molecule has 28 heteroatoms. The van der Waals surface area contributed by atoms with Crippen LogP contribution in [-0.2, 0) is 64.0 Å². The van der Waals surface area contributed by atoms with E-state index < -0.39 is 114 Å². The highest BCUT2D eigenvalue weighted by Crippen LogP contribution is 2.25. The summed E-state index contributed by atoms with van der Waals surface area (Å²) in [5.41, 5.74) is 13.2. The number of hydrogen-bond acceptors (Lipinski definition) is 17. The van der Waals surface area contributed by atoms with E-state index in [4.69, 9.17) is 23.1 Å². The number of amides is 10. The number of unbranched alkanes of at least 4 members (excludes halogenated alkanes) is 1. The molecule has 16 N–H and O–H groups in total. The van der Waals surface area contributed by atoms with E-state index in [2.05, 4.69) is 52.8 Å². The smallest absolute Gasteiger partial charge is 0.270 e. The van der Waals surface area contributed by atoms with E-state index in [0.717, 1.165) is 21.6 Å². The molecule has 468 valence electrons. The second kappa shape index (κ2) is 34.0. The minimum absolute atomic E-state index is 0.0308. The Morgan fingerprint density at radius 2 is 1.17 bits per heavy atom. The van der Waals surface area contributed by atoms with Crippen LogP contribution in [0, 0.1) is 0 Å². The van der Waals surface area contributed by atoms with Crippen molar-refractivity contribution >= 4 is 92.3 Å². The van der Waals surface area contributed by atoms with Gasteiger partial charge in [-0.3, -0.25) is 52.9 Å². The third-order valence-corrected chi connectivity index (χ3v) is 16.6. The standard InChI is InChI=1S/C60H71ClN12O13S2/c1-33(74)50-60(86)72-49(58(84)67-44(52(63)78)27-36-13-21-40(75)22-14-36)32-88-87-31-48(71-57(83)47(29-35-11-19-39(61)20-12-35)68-53(79)42-7-4-6-26-65-42)59(85)70-46(30-37-15-23-41(76)24-16-37)56(82)69-45(28-34-9-17-38(18-10-34)51(62)77)55(81)66-43(54(80)73-50)8-3-5-25-64-2/h4,6-7,9-24,26,33,43-50,64,74-76H,3,5,8,25,27-32H2,1-2H3,(H2,62,77)(H2,63,78)(H,66,81)(H,67,84)(H,68,79)(H,69,82)(H,70,85)(H,71,83)(H,72,86)(H,73,80)/t33?,43-,44+,45+,46-,47-,48+,49-,50?/m0/s1. The highest BCUT2D eigenvalue weighted by molar-refractivity contribution is 8.76. The molecule has 0 spiro atoms.